The fraction of sp³-hybridized carbons (Fsp3) is 0.0556. The van der Waals surface area contributed by atoms with E-state index in [4.69, 9.17) is 9.52 Å². The molecule has 0 radical (unpaired) electrons. The summed E-state index contributed by atoms with van der Waals surface area (Å²) in [5.74, 6) is 0.0157. The molecule has 0 aliphatic carbocycles. The maximum atomic E-state index is 10.7. The molecule has 0 atom stereocenters. The minimum absolute atomic E-state index is 0.0483. The van der Waals surface area contributed by atoms with Gasteiger partial charge in [-0.3, -0.25) is 4.79 Å². The number of hydrogen-bond acceptors (Lipinski definition) is 2. The van der Waals surface area contributed by atoms with Crippen LogP contribution in [0.1, 0.15) is 5.56 Å². The Balaban J connectivity index is 1.90. The van der Waals surface area contributed by atoms with Crippen molar-refractivity contribution in [3.05, 3.63) is 72.5 Å². The number of carboxylic acids is 1. The van der Waals surface area contributed by atoms with Crippen LogP contribution in [0.2, 0.25) is 0 Å². The van der Waals surface area contributed by atoms with Crippen LogP contribution >= 0.6 is 0 Å². The van der Waals surface area contributed by atoms with Crippen molar-refractivity contribution in [3.8, 4) is 22.5 Å². The largest absolute Gasteiger partial charge is 0.481 e. The van der Waals surface area contributed by atoms with Crippen molar-refractivity contribution in [2.24, 2.45) is 0 Å². The maximum Gasteiger partial charge on any atom is 0.307 e. The van der Waals surface area contributed by atoms with Crippen LogP contribution in [-0.2, 0) is 11.2 Å². The van der Waals surface area contributed by atoms with E-state index in [-0.39, 0.29) is 6.42 Å². The van der Waals surface area contributed by atoms with Gasteiger partial charge in [-0.15, -0.1) is 0 Å². The van der Waals surface area contributed by atoms with Gasteiger partial charge >= 0.3 is 5.97 Å². The van der Waals surface area contributed by atoms with Crippen LogP contribution in [0.15, 0.2) is 71.3 Å². The minimum atomic E-state index is -0.817. The quantitative estimate of drug-likeness (QED) is 0.776. The molecule has 3 nitrogen and oxygen atoms in total. The van der Waals surface area contributed by atoms with Gasteiger partial charge in [-0.25, -0.2) is 0 Å². The fourth-order valence-corrected chi connectivity index (χ4v) is 2.28. The Labute approximate surface area is 122 Å². The highest BCUT2D eigenvalue weighted by molar-refractivity contribution is 5.73. The average Bonchev–Trinajstić information content (AvgIpc) is 3.02. The summed E-state index contributed by atoms with van der Waals surface area (Å²) in [7, 11) is 0. The highest BCUT2D eigenvalue weighted by Crippen LogP contribution is 2.26. The van der Waals surface area contributed by atoms with Gasteiger partial charge in [-0.2, -0.15) is 0 Å². The Morgan fingerprint density at radius 1 is 0.905 bits per heavy atom. The summed E-state index contributed by atoms with van der Waals surface area (Å²) in [4.78, 5) is 10.7. The van der Waals surface area contributed by atoms with E-state index in [2.05, 4.69) is 6.07 Å². The third-order valence-electron chi connectivity index (χ3n) is 3.31. The van der Waals surface area contributed by atoms with Gasteiger partial charge in [0.2, 0.25) is 0 Å². The molecule has 3 rings (SSSR count). The standard InChI is InChI=1S/C18H14O3/c19-18(20)11-13-6-8-14(9-7-13)15-3-1-4-16(12-15)17-5-2-10-21-17/h1-10,12H,11H2,(H,19,20). The van der Waals surface area contributed by atoms with E-state index in [1.807, 2.05) is 54.6 Å². The van der Waals surface area contributed by atoms with Crippen molar-refractivity contribution in [2.75, 3.05) is 0 Å². The summed E-state index contributed by atoms with van der Waals surface area (Å²) in [6.07, 6.45) is 1.70. The predicted octanol–water partition coefficient (Wildman–Crippen LogP) is 4.24. The number of aliphatic carboxylic acids is 1. The summed E-state index contributed by atoms with van der Waals surface area (Å²) in [6, 6.07) is 19.5. The van der Waals surface area contributed by atoms with Crippen molar-refractivity contribution >= 4 is 5.97 Å². The number of furan rings is 1. The van der Waals surface area contributed by atoms with E-state index in [9.17, 15) is 4.79 Å². The number of carbonyl (C=O) groups is 1. The molecule has 0 fully saturated rings. The van der Waals surface area contributed by atoms with E-state index in [1.54, 1.807) is 6.26 Å². The van der Waals surface area contributed by atoms with Gasteiger partial charge in [0.1, 0.15) is 5.76 Å². The molecule has 0 amide bonds. The molecule has 0 saturated carbocycles. The zero-order chi connectivity index (χ0) is 14.7. The van der Waals surface area contributed by atoms with Crippen molar-refractivity contribution in [3.63, 3.8) is 0 Å². The molecule has 1 heterocycles. The Bertz CT molecular complexity index is 740. The van der Waals surface area contributed by atoms with Crippen LogP contribution in [0.25, 0.3) is 22.5 Å². The number of carboxylic acid groups (broad SMARTS) is 1. The monoisotopic (exact) mass is 278 g/mol. The summed E-state index contributed by atoms with van der Waals surface area (Å²) in [6.45, 7) is 0. The van der Waals surface area contributed by atoms with E-state index >= 15 is 0 Å². The Kier molecular flexibility index (Phi) is 3.56. The van der Waals surface area contributed by atoms with Crippen molar-refractivity contribution in [1.29, 1.82) is 0 Å². The molecular weight excluding hydrogens is 264 g/mol. The lowest BCUT2D eigenvalue weighted by molar-refractivity contribution is -0.136. The van der Waals surface area contributed by atoms with E-state index in [1.165, 1.54) is 0 Å². The lowest BCUT2D eigenvalue weighted by Gasteiger charge is -2.05. The summed E-state index contributed by atoms with van der Waals surface area (Å²) in [5, 5.41) is 8.78. The third kappa shape index (κ3) is 3.03. The Morgan fingerprint density at radius 2 is 1.67 bits per heavy atom. The van der Waals surface area contributed by atoms with Crippen molar-refractivity contribution in [2.45, 2.75) is 6.42 Å². The first kappa shape index (κ1) is 13.2. The van der Waals surface area contributed by atoms with E-state index in [0.29, 0.717) is 0 Å². The molecule has 0 saturated heterocycles. The highest BCUT2D eigenvalue weighted by atomic mass is 16.4. The molecule has 1 N–H and O–H groups in total. The maximum absolute atomic E-state index is 10.7. The minimum Gasteiger partial charge on any atom is -0.481 e. The molecule has 3 aromatic rings. The van der Waals surface area contributed by atoms with Crippen LogP contribution in [0, 0.1) is 0 Å². The molecule has 0 spiro atoms. The van der Waals surface area contributed by atoms with Crippen LogP contribution in [-0.4, -0.2) is 11.1 Å². The van der Waals surface area contributed by atoms with Crippen molar-refractivity contribution < 1.29 is 14.3 Å². The second-order valence-corrected chi connectivity index (χ2v) is 4.83. The molecule has 21 heavy (non-hydrogen) atoms. The van der Waals surface area contributed by atoms with Gasteiger partial charge in [0.25, 0.3) is 0 Å². The summed E-state index contributed by atoms with van der Waals surface area (Å²) >= 11 is 0. The molecule has 104 valence electrons. The molecule has 0 unspecified atom stereocenters. The number of benzene rings is 2. The SMILES string of the molecule is O=C(O)Cc1ccc(-c2cccc(-c3ccco3)c2)cc1. The molecule has 0 bridgehead atoms. The number of rotatable bonds is 4. The van der Waals surface area contributed by atoms with Crippen LogP contribution in [0.5, 0.6) is 0 Å². The third-order valence-corrected chi connectivity index (χ3v) is 3.31. The second-order valence-electron chi connectivity index (χ2n) is 4.83. The molecule has 3 heteroatoms. The van der Waals surface area contributed by atoms with Crippen LogP contribution in [0.4, 0.5) is 0 Å². The molecular formula is C18H14O3. The second kappa shape index (κ2) is 5.67. The van der Waals surface area contributed by atoms with Gasteiger partial charge in [0, 0.05) is 5.56 Å². The molecule has 2 aromatic carbocycles. The predicted molar refractivity (Wildman–Crippen MR) is 80.9 cm³/mol. The van der Waals surface area contributed by atoms with E-state index < -0.39 is 5.97 Å². The fourth-order valence-electron chi connectivity index (χ4n) is 2.28. The Morgan fingerprint density at radius 3 is 2.33 bits per heavy atom. The van der Waals surface area contributed by atoms with Crippen molar-refractivity contribution in [1.82, 2.24) is 0 Å². The van der Waals surface area contributed by atoms with Gasteiger partial charge < -0.3 is 9.52 Å². The zero-order valence-corrected chi connectivity index (χ0v) is 11.3. The first-order chi connectivity index (χ1) is 10.2. The van der Waals surface area contributed by atoms with Gasteiger partial charge in [-0.05, 0) is 34.9 Å². The first-order valence-corrected chi connectivity index (χ1v) is 6.67. The Hall–Kier alpha value is -2.81. The van der Waals surface area contributed by atoms with Gasteiger partial charge in [-0.1, -0.05) is 42.5 Å². The number of hydrogen-bond donors (Lipinski definition) is 1. The smallest absolute Gasteiger partial charge is 0.307 e. The zero-order valence-electron chi connectivity index (χ0n) is 11.3. The topological polar surface area (TPSA) is 50.4 Å². The molecule has 0 aliphatic heterocycles. The van der Waals surface area contributed by atoms with Crippen LogP contribution in [0.3, 0.4) is 0 Å². The van der Waals surface area contributed by atoms with E-state index in [0.717, 1.165) is 28.0 Å². The highest BCUT2D eigenvalue weighted by Gasteiger charge is 2.05. The lowest BCUT2D eigenvalue weighted by atomic mass is 10.0. The summed E-state index contributed by atoms with van der Waals surface area (Å²) < 4.78 is 5.41. The molecule has 0 aliphatic rings. The lowest BCUT2D eigenvalue weighted by Crippen LogP contribution is -1.99. The van der Waals surface area contributed by atoms with Gasteiger partial charge in [0.15, 0.2) is 0 Å². The van der Waals surface area contributed by atoms with Gasteiger partial charge in [0.05, 0.1) is 12.7 Å². The normalized spacial score (nSPS) is 10.5. The van der Waals surface area contributed by atoms with Crippen LogP contribution < -0.4 is 0 Å². The average molecular weight is 278 g/mol. The molecule has 1 aromatic heterocycles. The first-order valence-electron chi connectivity index (χ1n) is 6.67. The summed E-state index contributed by atoms with van der Waals surface area (Å²) in [5.41, 5.74) is 3.95.